The summed E-state index contributed by atoms with van der Waals surface area (Å²) in [5, 5.41) is 0. The average molecular weight is 401 g/mol. The van der Waals surface area contributed by atoms with Gasteiger partial charge in [0.1, 0.15) is 3.82 Å². The Morgan fingerprint density at radius 1 is 0.917 bits per heavy atom. The molecule has 0 N–H and O–H groups in total. The second kappa shape index (κ2) is 6.44. The van der Waals surface area contributed by atoms with Gasteiger partial charge in [0.15, 0.2) is 21.5 Å². The number of benzene rings is 2. The van der Waals surface area contributed by atoms with Crippen LogP contribution in [0.4, 0.5) is 8.78 Å². The summed E-state index contributed by atoms with van der Waals surface area (Å²) < 4.78 is 50.4. The Hall–Kier alpha value is -1.48. The van der Waals surface area contributed by atoms with Crippen LogP contribution in [-0.2, 0) is 9.84 Å². The highest BCUT2D eigenvalue weighted by molar-refractivity contribution is 7.90. The van der Waals surface area contributed by atoms with E-state index in [1.165, 1.54) is 38.9 Å². The Morgan fingerprint density at radius 3 is 2.12 bits per heavy atom. The molecule has 124 valence electrons. The van der Waals surface area contributed by atoms with E-state index in [-0.39, 0.29) is 4.90 Å². The SMILES string of the molecule is CS(=O)(=O)c1ccc(-c2ssc(=S)c2-c2ccc(F)c(F)c2)cc1. The van der Waals surface area contributed by atoms with Crippen LogP contribution in [0.5, 0.6) is 0 Å². The molecule has 0 spiro atoms. The Morgan fingerprint density at radius 2 is 1.54 bits per heavy atom. The molecule has 8 heteroatoms. The summed E-state index contributed by atoms with van der Waals surface area (Å²) in [7, 11) is -0.493. The van der Waals surface area contributed by atoms with Crippen molar-refractivity contribution in [3.05, 3.63) is 57.9 Å². The Balaban J connectivity index is 2.14. The summed E-state index contributed by atoms with van der Waals surface area (Å²) in [5.41, 5.74) is 1.93. The first-order chi connectivity index (χ1) is 11.3. The van der Waals surface area contributed by atoms with Crippen molar-refractivity contribution in [1.29, 1.82) is 0 Å². The normalized spacial score (nSPS) is 11.6. The molecule has 0 amide bonds. The van der Waals surface area contributed by atoms with Gasteiger partial charge in [-0.15, -0.1) is 0 Å². The second-order valence-electron chi connectivity index (χ2n) is 5.08. The van der Waals surface area contributed by atoms with Gasteiger partial charge in [0.25, 0.3) is 0 Å². The first-order valence-corrected chi connectivity index (χ1v) is 11.1. The Bertz CT molecular complexity index is 1060. The lowest BCUT2D eigenvalue weighted by Gasteiger charge is -2.06. The first kappa shape index (κ1) is 17.3. The maximum absolute atomic E-state index is 13.6. The summed E-state index contributed by atoms with van der Waals surface area (Å²) in [6.45, 7) is 0. The maximum atomic E-state index is 13.6. The van der Waals surface area contributed by atoms with E-state index in [9.17, 15) is 17.2 Å². The molecule has 0 saturated carbocycles. The molecule has 2 aromatic carbocycles. The zero-order chi connectivity index (χ0) is 17.5. The van der Waals surface area contributed by atoms with Crippen LogP contribution in [0.1, 0.15) is 0 Å². The minimum absolute atomic E-state index is 0.222. The maximum Gasteiger partial charge on any atom is 0.175 e. The van der Waals surface area contributed by atoms with Crippen LogP contribution in [0.15, 0.2) is 47.4 Å². The van der Waals surface area contributed by atoms with Crippen molar-refractivity contribution >= 4 is 42.7 Å². The quantitative estimate of drug-likeness (QED) is 0.427. The zero-order valence-corrected chi connectivity index (χ0v) is 15.5. The summed E-state index contributed by atoms with van der Waals surface area (Å²) in [4.78, 5) is 1.02. The molecule has 0 saturated heterocycles. The van der Waals surface area contributed by atoms with Crippen molar-refractivity contribution in [3.63, 3.8) is 0 Å². The highest BCUT2D eigenvalue weighted by Crippen LogP contribution is 2.41. The van der Waals surface area contributed by atoms with Crippen molar-refractivity contribution < 1.29 is 17.2 Å². The predicted molar refractivity (Wildman–Crippen MR) is 96.9 cm³/mol. The standard InChI is InChI=1S/C16H10F2O2S4/c1-24(19,20)11-5-2-9(3-6-11)15-14(16(21)23-22-15)10-4-7-12(17)13(18)8-10/h2-8H,1H3. The van der Waals surface area contributed by atoms with Gasteiger partial charge in [-0.25, -0.2) is 17.2 Å². The van der Waals surface area contributed by atoms with Crippen molar-refractivity contribution in [2.75, 3.05) is 6.26 Å². The topological polar surface area (TPSA) is 34.1 Å². The second-order valence-corrected chi connectivity index (χ2v) is 9.92. The Labute approximate surface area is 150 Å². The number of sulfone groups is 1. The fourth-order valence-corrected chi connectivity index (χ4v) is 5.75. The van der Waals surface area contributed by atoms with E-state index < -0.39 is 21.5 Å². The summed E-state index contributed by atoms with van der Waals surface area (Å²) in [5.74, 6) is -1.85. The average Bonchev–Trinajstić information content (AvgIpc) is 2.91. The third-order valence-electron chi connectivity index (χ3n) is 3.38. The van der Waals surface area contributed by atoms with E-state index in [2.05, 4.69) is 0 Å². The molecular formula is C16H10F2O2S4. The molecule has 0 fully saturated rings. The molecule has 0 unspecified atom stereocenters. The van der Waals surface area contributed by atoms with Gasteiger partial charge in [-0.3, -0.25) is 0 Å². The van der Waals surface area contributed by atoms with E-state index in [0.717, 1.165) is 28.8 Å². The van der Waals surface area contributed by atoms with Crippen molar-refractivity contribution in [3.8, 4) is 21.6 Å². The highest BCUT2D eigenvalue weighted by Gasteiger charge is 2.15. The Kier molecular flexibility index (Phi) is 4.65. The van der Waals surface area contributed by atoms with Gasteiger partial charge < -0.3 is 0 Å². The number of halogens is 2. The predicted octanol–water partition coefficient (Wildman–Crippen LogP) is 5.55. The van der Waals surface area contributed by atoms with E-state index >= 15 is 0 Å². The highest BCUT2D eigenvalue weighted by atomic mass is 32.9. The monoisotopic (exact) mass is 400 g/mol. The fraction of sp³-hybridized carbons (Fsp3) is 0.0625. The number of hydrogen-bond acceptors (Lipinski definition) is 5. The lowest BCUT2D eigenvalue weighted by atomic mass is 10.0. The van der Waals surface area contributed by atoms with Gasteiger partial charge in [0, 0.05) is 11.8 Å². The van der Waals surface area contributed by atoms with Crippen LogP contribution >= 0.6 is 32.9 Å². The van der Waals surface area contributed by atoms with Crippen LogP contribution in [0.2, 0.25) is 0 Å². The first-order valence-electron chi connectivity index (χ1n) is 6.66. The van der Waals surface area contributed by atoms with Crippen molar-refractivity contribution in [2.24, 2.45) is 0 Å². The van der Waals surface area contributed by atoms with E-state index in [0.29, 0.717) is 15.0 Å². The molecule has 2 nitrogen and oxygen atoms in total. The third kappa shape index (κ3) is 3.32. The summed E-state index contributed by atoms with van der Waals surface area (Å²) >= 11 is 5.33. The minimum atomic E-state index is -3.28. The molecule has 1 aromatic heterocycles. The van der Waals surface area contributed by atoms with Crippen LogP contribution in [-0.4, -0.2) is 14.7 Å². The van der Waals surface area contributed by atoms with E-state index in [1.807, 2.05) is 0 Å². The van der Waals surface area contributed by atoms with Crippen molar-refractivity contribution in [1.82, 2.24) is 0 Å². The van der Waals surface area contributed by atoms with Crippen LogP contribution < -0.4 is 0 Å². The zero-order valence-electron chi connectivity index (χ0n) is 12.2. The van der Waals surface area contributed by atoms with Gasteiger partial charge in [0.05, 0.1) is 9.77 Å². The van der Waals surface area contributed by atoms with E-state index in [4.69, 9.17) is 12.2 Å². The number of rotatable bonds is 3. The molecule has 0 aliphatic rings. The molecule has 0 atom stereocenters. The molecule has 1 heterocycles. The molecular weight excluding hydrogens is 390 g/mol. The molecule has 0 aliphatic heterocycles. The number of hydrogen-bond donors (Lipinski definition) is 0. The lowest BCUT2D eigenvalue weighted by Crippen LogP contribution is -1.96. The van der Waals surface area contributed by atoms with Crippen LogP contribution in [0.25, 0.3) is 21.6 Å². The molecule has 0 bridgehead atoms. The summed E-state index contributed by atoms with van der Waals surface area (Å²) in [6.07, 6.45) is 1.14. The molecule has 3 rings (SSSR count). The van der Waals surface area contributed by atoms with Gasteiger partial charge in [0.2, 0.25) is 0 Å². The van der Waals surface area contributed by atoms with Crippen molar-refractivity contribution in [2.45, 2.75) is 4.90 Å². The van der Waals surface area contributed by atoms with Gasteiger partial charge in [-0.2, -0.15) is 0 Å². The van der Waals surface area contributed by atoms with E-state index in [1.54, 1.807) is 12.1 Å². The largest absolute Gasteiger partial charge is 0.224 e. The third-order valence-corrected chi connectivity index (χ3v) is 7.58. The van der Waals surface area contributed by atoms with Crippen LogP contribution in [0.3, 0.4) is 0 Å². The van der Waals surface area contributed by atoms with Crippen LogP contribution in [0, 0.1) is 15.5 Å². The van der Waals surface area contributed by atoms with Gasteiger partial charge in [-0.1, -0.05) is 51.1 Å². The lowest BCUT2D eigenvalue weighted by molar-refractivity contribution is 0.509. The molecule has 24 heavy (non-hydrogen) atoms. The molecule has 0 aliphatic carbocycles. The molecule has 0 radical (unpaired) electrons. The van der Waals surface area contributed by atoms with Gasteiger partial charge >= 0.3 is 0 Å². The minimum Gasteiger partial charge on any atom is -0.224 e. The van der Waals surface area contributed by atoms with Gasteiger partial charge in [-0.05, 0) is 35.4 Å². The summed E-state index contributed by atoms with van der Waals surface area (Å²) in [6, 6.07) is 10.1. The smallest absolute Gasteiger partial charge is 0.175 e. The molecule has 3 aromatic rings. The fourth-order valence-electron chi connectivity index (χ4n) is 2.20.